The molecule has 2 rings (SSSR count). The van der Waals surface area contributed by atoms with Crippen LogP contribution in [0.3, 0.4) is 0 Å². The summed E-state index contributed by atoms with van der Waals surface area (Å²) in [5.41, 5.74) is -0.0794. The van der Waals surface area contributed by atoms with Gasteiger partial charge in [-0.25, -0.2) is 0 Å². The molecular weight excluding hydrogens is 330 g/mol. The Morgan fingerprint density at radius 2 is 1.65 bits per heavy atom. The summed E-state index contributed by atoms with van der Waals surface area (Å²) >= 11 is 2.16. The first kappa shape index (κ1) is 13.2. The highest BCUT2D eigenvalue weighted by Gasteiger charge is 2.52. The van der Waals surface area contributed by atoms with Crippen LogP contribution in [0.25, 0.3) is 0 Å². The fourth-order valence-electron chi connectivity index (χ4n) is 1.69. The number of halogens is 1. The van der Waals surface area contributed by atoms with E-state index in [1.54, 1.807) is 6.07 Å². The van der Waals surface area contributed by atoms with Gasteiger partial charge in [0.1, 0.15) is 5.75 Å². The zero-order chi connectivity index (χ0) is 12.8. The van der Waals surface area contributed by atoms with E-state index in [-0.39, 0.29) is 17.0 Å². The van der Waals surface area contributed by atoms with E-state index in [1.165, 1.54) is 0 Å². The maximum absolute atomic E-state index is 9.93. The molecule has 1 aromatic rings. The molecule has 0 radical (unpaired) electrons. The molecule has 1 aromatic carbocycles. The summed E-state index contributed by atoms with van der Waals surface area (Å²) in [7, 11) is -0.503. The Bertz CT molecular complexity index is 429. The summed E-state index contributed by atoms with van der Waals surface area (Å²) in [6.45, 7) is 7.99. The number of rotatable bonds is 1. The van der Waals surface area contributed by atoms with Gasteiger partial charge in [-0.2, -0.15) is 0 Å². The monoisotopic (exact) mass is 346 g/mol. The molecule has 0 aromatic heterocycles. The standard InChI is InChI=1S/C12H16BIO3/c1-11(2)12(3,4)17-13(16-11)9-6-5-8(14)7-10(9)15/h5-7,15H,1-4H3. The predicted molar refractivity (Wildman–Crippen MR) is 76.5 cm³/mol. The Kier molecular flexibility index (Phi) is 3.21. The summed E-state index contributed by atoms with van der Waals surface area (Å²) in [6, 6.07) is 5.49. The van der Waals surface area contributed by atoms with Crippen LogP contribution >= 0.6 is 22.6 Å². The first-order chi connectivity index (χ1) is 7.73. The molecule has 5 heteroatoms. The van der Waals surface area contributed by atoms with Crippen LogP contribution in [0.1, 0.15) is 27.7 Å². The van der Waals surface area contributed by atoms with Crippen LogP contribution in [-0.2, 0) is 9.31 Å². The van der Waals surface area contributed by atoms with Gasteiger partial charge in [0, 0.05) is 9.03 Å². The van der Waals surface area contributed by atoms with Gasteiger partial charge in [-0.05, 0) is 62.4 Å². The van der Waals surface area contributed by atoms with E-state index in [9.17, 15) is 5.11 Å². The fourth-order valence-corrected chi connectivity index (χ4v) is 2.16. The highest BCUT2D eigenvalue weighted by atomic mass is 127. The highest BCUT2D eigenvalue weighted by molar-refractivity contribution is 14.1. The third kappa shape index (κ3) is 2.32. The number of phenolic OH excluding ortho intramolecular Hbond substituents is 1. The highest BCUT2D eigenvalue weighted by Crippen LogP contribution is 2.37. The molecule has 0 aliphatic carbocycles. The lowest BCUT2D eigenvalue weighted by molar-refractivity contribution is 0.00578. The summed E-state index contributed by atoms with van der Waals surface area (Å²) in [6.07, 6.45) is 0. The van der Waals surface area contributed by atoms with Crippen molar-refractivity contribution in [2.45, 2.75) is 38.9 Å². The molecule has 1 fully saturated rings. The van der Waals surface area contributed by atoms with Gasteiger partial charge in [-0.1, -0.05) is 6.07 Å². The average Bonchev–Trinajstić information content (AvgIpc) is 2.35. The SMILES string of the molecule is CC1(C)OB(c2ccc(I)cc2O)OC1(C)C. The Morgan fingerprint density at radius 1 is 1.12 bits per heavy atom. The second-order valence-corrected chi connectivity index (χ2v) is 6.54. The van der Waals surface area contributed by atoms with Crippen LogP contribution in [0.2, 0.25) is 0 Å². The zero-order valence-electron chi connectivity index (χ0n) is 10.5. The number of hydrogen-bond acceptors (Lipinski definition) is 3. The van der Waals surface area contributed by atoms with Crippen molar-refractivity contribution in [3.05, 3.63) is 21.8 Å². The molecule has 0 spiro atoms. The summed E-state index contributed by atoms with van der Waals surface area (Å²) in [5, 5.41) is 9.93. The van der Waals surface area contributed by atoms with Crippen molar-refractivity contribution in [1.82, 2.24) is 0 Å². The van der Waals surface area contributed by atoms with Gasteiger partial charge in [-0.15, -0.1) is 0 Å². The van der Waals surface area contributed by atoms with Crippen molar-refractivity contribution in [3.63, 3.8) is 0 Å². The normalized spacial score (nSPS) is 21.8. The van der Waals surface area contributed by atoms with Gasteiger partial charge < -0.3 is 14.4 Å². The van der Waals surface area contributed by atoms with Crippen LogP contribution in [0.15, 0.2) is 18.2 Å². The predicted octanol–water partition coefficient (Wildman–Crippen LogP) is 2.30. The molecule has 0 amide bonds. The maximum atomic E-state index is 9.93. The van der Waals surface area contributed by atoms with Gasteiger partial charge in [0.05, 0.1) is 11.2 Å². The van der Waals surface area contributed by atoms with Crippen molar-refractivity contribution in [1.29, 1.82) is 0 Å². The second kappa shape index (κ2) is 4.14. The molecule has 17 heavy (non-hydrogen) atoms. The summed E-state index contributed by atoms with van der Waals surface area (Å²) in [5.74, 6) is 0.218. The largest absolute Gasteiger partial charge is 0.508 e. The van der Waals surface area contributed by atoms with Crippen molar-refractivity contribution in [2.24, 2.45) is 0 Å². The van der Waals surface area contributed by atoms with E-state index in [0.29, 0.717) is 5.46 Å². The number of benzene rings is 1. The van der Waals surface area contributed by atoms with E-state index in [0.717, 1.165) is 3.57 Å². The first-order valence-corrected chi connectivity index (χ1v) is 6.65. The number of hydrogen-bond donors (Lipinski definition) is 1. The van der Waals surface area contributed by atoms with Crippen molar-refractivity contribution < 1.29 is 14.4 Å². The lowest BCUT2D eigenvalue weighted by atomic mass is 9.78. The Labute approximate surface area is 116 Å². The topological polar surface area (TPSA) is 38.7 Å². The van der Waals surface area contributed by atoms with Crippen LogP contribution in [0.5, 0.6) is 5.75 Å². The number of aromatic hydroxyl groups is 1. The van der Waals surface area contributed by atoms with Crippen LogP contribution in [0.4, 0.5) is 0 Å². The quantitative estimate of drug-likeness (QED) is 0.627. The molecule has 1 saturated heterocycles. The second-order valence-electron chi connectivity index (χ2n) is 5.29. The molecule has 1 aliphatic heterocycles. The van der Waals surface area contributed by atoms with Gasteiger partial charge in [0.2, 0.25) is 0 Å². The third-order valence-corrected chi connectivity index (χ3v) is 4.17. The van der Waals surface area contributed by atoms with Gasteiger partial charge in [0.15, 0.2) is 0 Å². The van der Waals surface area contributed by atoms with E-state index in [1.807, 2.05) is 39.8 Å². The summed E-state index contributed by atoms with van der Waals surface area (Å²) < 4.78 is 12.8. The minimum absolute atomic E-state index is 0.218. The minimum Gasteiger partial charge on any atom is -0.508 e. The van der Waals surface area contributed by atoms with Gasteiger partial charge >= 0.3 is 7.12 Å². The summed E-state index contributed by atoms with van der Waals surface area (Å²) in [4.78, 5) is 0. The van der Waals surface area contributed by atoms with E-state index in [4.69, 9.17) is 9.31 Å². The molecule has 92 valence electrons. The minimum atomic E-state index is -0.503. The van der Waals surface area contributed by atoms with Crippen molar-refractivity contribution in [2.75, 3.05) is 0 Å². The molecule has 1 aliphatic rings. The van der Waals surface area contributed by atoms with E-state index in [2.05, 4.69) is 22.6 Å². The molecule has 0 bridgehead atoms. The fraction of sp³-hybridized carbons (Fsp3) is 0.500. The molecule has 0 unspecified atom stereocenters. The average molecular weight is 346 g/mol. The molecule has 1 N–H and O–H groups in total. The zero-order valence-corrected chi connectivity index (χ0v) is 12.6. The maximum Gasteiger partial charge on any atom is 0.498 e. The molecule has 1 heterocycles. The molecular formula is C12H16BIO3. The molecule has 0 saturated carbocycles. The lowest BCUT2D eigenvalue weighted by Gasteiger charge is -2.32. The molecule has 3 nitrogen and oxygen atoms in total. The Hall–Kier alpha value is -0.265. The van der Waals surface area contributed by atoms with Crippen LogP contribution < -0.4 is 5.46 Å². The van der Waals surface area contributed by atoms with Crippen molar-refractivity contribution in [3.8, 4) is 5.75 Å². The van der Waals surface area contributed by atoms with E-state index >= 15 is 0 Å². The van der Waals surface area contributed by atoms with Crippen LogP contribution in [-0.4, -0.2) is 23.4 Å². The van der Waals surface area contributed by atoms with Gasteiger partial charge in [-0.3, -0.25) is 0 Å². The number of phenols is 1. The smallest absolute Gasteiger partial charge is 0.498 e. The van der Waals surface area contributed by atoms with E-state index < -0.39 is 7.12 Å². The van der Waals surface area contributed by atoms with Crippen molar-refractivity contribution >= 4 is 35.2 Å². The Balaban J connectivity index is 2.32. The lowest BCUT2D eigenvalue weighted by Crippen LogP contribution is -2.41. The molecule has 0 atom stereocenters. The first-order valence-electron chi connectivity index (χ1n) is 5.57. The van der Waals surface area contributed by atoms with Gasteiger partial charge in [0.25, 0.3) is 0 Å². The Morgan fingerprint density at radius 3 is 2.12 bits per heavy atom. The van der Waals surface area contributed by atoms with Crippen LogP contribution in [0, 0.1) is 3.57 Å². The third-order valence-electron chi connectivity index (χ3n) is 3.50.